The summed E-state index contributed by atoms with van der Waals surface area (Å²) in [5.74, 6) is 0.944. The number of nitrogen functional groups attached to an aromatic ring is 1. The van der Waals surface area contributed by atoms with Crippen LogP contribution in [0.15, 0.2) is 58.4 Å². The largest absolute Gasteiger partial charge is 0.384 e. The molecule has 3 atom stereocenters. The number of nitrogens with two attached hydrogens (primary N) is 1. The zero-order valence-electron chi connectivity index (χ0n) is 14.7. The molecule has 0 saturated carbocycles. The van der Waals surface area contributed by atoms with Crippen molar-refractivity contribution in [2.45, 2.75) is 24.8 Å². The van der Waals surface area contributed by atoms with Crippen LogP contribution in [-0.2, 0) is 6.42 Å². The summed E-state index contributed by atoms with van der Waals surface area (Å²) in [6.07, 6.45) is 2.27. The van der Waals surface area contributed by atoms with Crippen LogP contribution in [0.3, 0.4) is 0 Å². The van der Waals surface area contributed by atoms with Crippen LogP contribution in [-0.4, -0.2) is 5.84 Å². The number of hydrogen-bond donors (Lipinski definition) is 3. The van der Waals surface area contributed by atoms with Crippen LogP contribution in [0.5, 0.6) is 0 Å². The maximum absolute atomic E-state index is 7.86. The lowest BCUT2D eigenvalue weighted by Gasteiger charge is -2.44. The molecule has 27 heavy (non-hydrogen) atoms. The molecule has 0 spiro atoms. The quantitative estimate of drug-likeness (QED) is 0.357. The van der Waals surface area contributed by atoms with Gasteiger partial charge in [-0.05, 0) is 75.6 Å². The van der Waals surface area contributed by atoms with Crippen molar-refractivity contribution in [1.29, 1.82) is 5.41 Å². The first-order valence-electron chi connectivity index (χ1n) is 9.18. The van der Waals surface area contributed by atoms with Crippen molar-refractivity contribution in [3.05, 3.63) is 85.5 Å². The van der Waals surface area contributed by atoms with Crippen molar-refractivity contribution in [1.82, 2.24) is 0 Å². The number of fused-ring (bicyclic) bond motifs is 5. The molecule has 5 rings (SSSR count). The second-order valence-corrected chi connectivity index (χ2v) is 9.24. The summed E-state index contributed by atoms with van der Waals surface area (Å²) >= 11 is 5.43. The Hall–Kier alpha value is -2.11. The third-order valence-corrected chi connectivity index (χ3v) is 7.67. The molecule has 1 aliphatic heterocycles. The Bertz CT molecular complexity index is 1040. The maximum Gasteiger partial charge on any atom is 0.122 e. The minimum atomic E-state index is 0.128. The van der Waals surface area contributed by atoms with Crippen molar-refractivity contribution in [2.24, 2.45) is 11.7 Å². The summed E-state index contributed by atoms with van der Waals surface area (Å²) in [5, 5.41) is 13.8. The molecule has 0 fully saturated rings. The van der Waals surface area contributed by atoms with E-state index in [0.717, 1.165) is 28.6 Å². The van der Waals surface area contributed by atoms with Gasteiger partial charge in [-0.25, -0.2) is 0 Å². The zero-order chi connectivity index (χ0) is 18.5. The molecule has 0 bridgehead atoms. The highest BCUT2D eigenvalue weighted by molar-refractivity contribution is 9.10. The molecular formula is C22H20BrN3S. The molecule has 4 N–H and O–H groups in total. The van der Waals surface area contributed by atoms with Crippen molar-refractivity contribution in [3.63, 3.8) is 0 Å². The highest BCUT2D eigenvalue weighted by Gasteiger charge is 2.41. The topological polar surface area (TPSA) is 61.9 Å². The molecule has 136 valence electrons. The summed E-state index contributed by atoms with van der Waals surface area (Å²) in [4.78, 5) is 1.37. The molecule has 0 radical (unpaired) electrons. The Morgan fingerprint density at radius 1 is 1.15 bits per heavy atom. The van der Waals surface area contributed by atoms with Gasteiger partial charge >= 0.3 is 0 Å². The van der Waals surface area contributed by atoms with Gasteiger partial charge in [-0.2, -0.15) is 0 Å². The van der Waals surface area contributed by atoms with Crippen LogP contribution in [0.1, 0.15) is 45.5 Å². The van der Waals surface area contributed by atoms with Gasteiger partial charge in [-0.3, -0.25) is 5.41 Å². The van der Waals surface area contributed by atoms with E-state index in [1.54, 1.807) is 0 Å². The molecule has 5 heteroatoms. The Morgan fingerprint density at radius 3 is 2.78 bits per heavy atom. The Morgan fingerprint density at radius 2 is 2.00 bits per heavy atom. The van der Waals surface area contributed by atoms with Crippen LogP contribution in [0.4, 0.5) is 5.69 Å². The number of amidine groups is 1. The van der Waals surface area contributed by atoms with Gasteiger partial charge < -0.3 is 11.1 Å². The second-order valence-electron chi connectivity index (χ2n) is 7.38. The first-order chi connectivity index (χ1) is 13.1. The van der Waals surface area contributed by atoms with E-state index in [0.29, 0.717) is 17.9 Å². The molecule has 3 unspecified atom stereocenters. The minimum Gasteiger partial charge on any atom is -0.384 e. The Balaban J connectivity index is 1.70. The van der Waals surface area contributed by atoms with Crippen LogP contribution >= 0.6 is 27.3 Å². The molecule has 2 heterocycles. The van der Waals surface area contributed by atoms with Gasteiger partial charge in [0, 0.05) is 31.9 Å². The standard InChI is InChI=1S/C22H20BrN3S/c23-14-10-19(27-11-14)21-16-7-5-12-3-1-2-4-15(12)20(16)17-9-13(22(24)25)6-8-18(17)26-21/h1-4,6,8-11,16,20-21,26H,5,7H2,(H3,24,25). The van der Waals surface area contributed by atoms with Gasteiger partial charge in [0.05, 0.1) is 6.04 Å². The van der Waals surface area contributed by atoms with Crippen molar-refractivity contribution >= 4 is 38.8 Å². The predicted molar refractivity (Wildman–Crippen MR) is 116 cm³/mol. The van der Waals surface area contributed by atoms with E-state index in [1.165, 1.54) is 21.6 Å². The third-order valence-electron chi connectivity index (χ3n) is 5.90. The van der Waals surface area contributed by atoms with Gasteiger partial charge in [0.25, 0.3) is 0 Å². The first kappa shape index (κ1) is 17.0. The molecular weight excluding hydrogens is 418 g/mol. The zero-order valence-corrected chi connectivity index (χ0v) is 17.1. The lowest BCUT2D eigenvalue weighted by atomic mass is 9.66. The van der Waals surface area contributed by atoms with E-state index in [-0.39, 0.29) is 5.84 Å². The normalized spacial score (nSPS) is 22.9. The monoisotopic (exact) mass is 437 g/mol. The van der Waals surface area contributed by atoms with E-state index < -0.39 is 0 Å². The Labute approximate surface area is 171 Å². The summed E-state index contributed by atoms with van der Waals surface area (Å²) in [6, 6.07) is 17.5. The first-order valence-corrected chi connectivity index (χ1v) is 10.9. The highest BCUT2D eigenvalue weighted by atomic mass is 79.9. The average Bonchev–Trinajstić information content (AvgIpc) is 3.12. The van der Waals surface area contributed by atoms with Gasteiger partial charge in [0.2, 0.25) is 0 Å². The minimum absolute atomic E-state index is 0.128. The Kier molecular flexibility index (Phi) is 4.10. The van der Waals surface area contributed by atoms with Crippen molar-refractivity contribution < 1.29 is 0 Å². The van der Waals surface area contributed by atoms with E-state index in [2.05, 4.69) is 69.1 Å². The summed E-state index contributed by atoms with van der Waals surface area (Å²) in [5.41, 5.74) is 11.9. The van der Waals surface area contributed by atoms with E-state index >= 15 is 0 Å². The number of hydrogen-bond acceptors (Lipinski definition) is 3. The number of halogens is 1. The van der Waals surface area contributed by atoms with Gasteiger partial charge in [0.15, 0.2) is 0 Å². The summed E-state index contributed by atoms with van der Waals surface area (Å²) in [6.45, 7) is 0. The average molecular weight is 438 g/mol. The maximum atomic E-state index is 7.86. The number of anilines is 1. The van der Waals surface area contributed by atoms with Gasteiger partial charge in [-0.15, -0.1) is 11.3 Å². The summed E-state index contributed by atoms with van der Waals surface area (Å²) in [7, 11) is 0. The lowest BCUT2D eigenvalue weighted by molar-refractivity contribution is 0.351. The fraction of sp³-hybridized carbons (Fsp3) is 0.227. The summed E-state index contributed by atoms with van der Waals surface area (Å²) < 4.78 is 1.15. The number of aryl methyl sites for hydroxylation is 1. The van der Waals surface area contributed by atoms with E-state index in [9.17, 15) is 0 Å². The lowest BCUT2D eigenvalue weighted by Crippen LogP contribution is -2.35. The van der Waals surface area contributed by atoms with E-state index in [1.807, 2.05) is 17.4 Å². The molecule has 1 aliphatic carbocycles. The highest BCUT2D eigenvalue weighted by Crippen LogP contribution is 2.53. The number of nitrogens with one attached hydrogen (secondary N) is 2. The third kappa shape index (κ3) is 2.80. The molecule has 2 aromatic carbocycles. The molecule has 0 amide bonds. The molecule has 3 aromatic rings. The van der Waals surface area contributed by atoms with Crippen LogP contribution in [0, 0.1) is 11.3 Å². The van der Waals surface area contributed by atoms with Crippen LogP contribution in [0.2, 0.25) is 0 Å². The smallest absolute Gasteiger partial charge is 0.122 e. The van der Waals surface area contributed by atoms with Crippen molar-refractivity contribution in [2.75, 3.05) is 5.32 Å². The number of benzene rings is 2. The molecule has 2 aliphatic rings. The van der Waals surface area contributed by atoms with E-state index in [4.69, 9.17) is 11.1 Å². The van der Waals surface area contributed by atoms with Crippen LogP contribution < -0.4 is 11.1 Å². The molecule has 1 aromatic heterocycles. The molecule has 3 nitrogen and oxygen atoms in total. The fourth-order valence-corrected chi connectivity index (χ4v) is 6.28. The van der Waals surface area contributed by atoms with Crippen LogP contribution in [0.25, 0.3) is 0 Å². The number of rotatable bonds is 2. The SMILES string of the molecule is N=C(N)c1ccc2c(c1)C1c3ccccc3CCC1C(c1cc(Br)cs1)N2. The predicted octanol–water partition coefficient (Wildman–Crippen LogP) is 5.66. The number of thiophene rings is 1. The fourth-order valence-electron chi connectivity index (χ4n) is 4.71. The van der Waals surface area contributed by atoms with Gasteiger partial charge in [-0.1, -0.05) is 24.3 Å². The van der Waals surface area contributed by atoms with Crippen molar-refractivity contribution in [3.8, 4) is 0 Å². The van der Waals surface area contributed by atoms with Gasteiger partial charge in [0.1, 0.15) is 5.84 Å². The second kappa shape index (κ2) is 6.50. The molecule has 0 saturated heterocycles.